The lowest BCUT2D eigenvalue weighted by atomic mass is 10.2. The van der Waals surface area contributed by atoms with Crippen LogP contribution in [0, 0.1) is 0 Å². The van der Waals surface area contributed by atoms with Gasteiger partial charge in [0.05, 0.1) is 12.1 Å². The summed E-state index contributed by atoms with van der Waals surface area (Å²) in [6.45, 7) is 5.00. The molecule has 2 rings (SSSR count). The first-order valence-corrected chi connectivity index (χ1v) is 6.99. The molecule has 0 saturated carbocycles. The fourth-order valence-electron chi connectivity index (χ4n) is 2.45. The number of ether oxygens (including phenoxy) is 1. The number of hydrogen-bond donors (Lipinski definition) is 1. The first-order valence-electron chi connectivity index (χ1n) is 6.99. The monoisotopic (exact) mass is 282 g/mol. The molecule has 1 aromatic heterocycles. The van der Waals surface area contributed by atoms with Crippen LogP contribution in [-0.2, 0) is 16.1 Å². The van der Waals surface area contributed by atoms with E-state index in [4.69, 9.17) is 4.74 Å². The number of nitrogens with zero attached hydrogens (tertiary/aromatic N) is 5. The molecule has 1 fully saturated rings. The smallest absolute Gasteiger partial charge is 0.220 e. The van der Waals surface area contributed by atoms with Crippen LogP contribution >= 0.6 is 0 Å². The van der Waals surface area contributed by atoms with Crippen LogP contribution in [0.5, 0.6) is 0 Å². The second-order valence-electron chi connectivity index (χ2n) is 5.07. The number of carbonyl (C=O) groups is 1. The van der Waals surface area contributed by atoms with Crippen LogP contribution in [0.4, 0.5) is 0 Å². The Hall–Kier alpha value is -1.54. The summed E-state index contributed by atoms with van der Waals surface area (Å²) < 4.78 is 7.29. The molecule has 0 unspecified atom stereocenters. The minimum absolute atomic E-state index is 0.0584. The van der Waals surface area contributed by atoms with Crippen molar-refractivity contribution in [2.24, 2.45) is 0 Å². The maximum atomic E-state index is 11.9. The number of carbonyl (C=O) groups excluding carboxylic acids is 1. The first kappa shape index (κ1) is 14.9. The highest BCUT2D eigenvalue weighted by Crippen LogP contribution is 2.12. The molecule has 1 aliphatic rings. The van der Waals surface area contributed by atoms with Crippen molar-refractivity contribution >= 4 is 5.91 Å². The van der Waals surface area contributed by atoms with Crippen LogP contribution in [-0.4, -0.2) is 69.9 Å². The molecule has 0 bridgehead atoms. The van der Waals surface area contributed by atoms with Crippen molar-refractivity contribution in [3.8, 4) is 0 Å². The number of rotatable bonds is 7. The molecule has 1 aromatic rings. The third-order valence-electron chi connectivity index (χ3n) is 3.36. The highest BCUT2D eigenvalue weighted by Gasteiger charge is 2.32. The quantitative estimate of drug-likeness (QED) is 0.711. The maximum absolute atomic E-state index is 11.9. The third kappa shape index (κ3) is 4.24. The lowest BCUT2D eigenvalue weighted by molar-refractivity contribution is -0.122. The van der Waals surface area contributed by atoms with Gasteiger partial charge in [0.2, 0.25) is 5.91 Å². The van der Waals surface area contributed by atoms with Crippen molar-refractivity contribution in [3.05, 3.63) is 6.33 Å². The molecule has 8 heteroatoms. The number of likely N-dealkylation sites (tertiary alicyclic amines) is 1. The SMILES string of the molecule is CCO[C@H]1CN(C)C[C@@H]1NC(=O)CCCn1cnnn1. The summed E-state index contributed by atoms with van der Waals surface area (Å²) in [6.07, 6.45) is 2.83. The van der Waals surface area contributed by atoms with Crippen LogP contribution in [0.1, 0.15) is 19.8 Å². The standard InChI is InChI=1S/C12H22N6O2/c1-3-20-11-8-17(2)7-10(11)14-12(19)5-4-6-18-9-13-15-16-18/h9-11H,3-8H2,1-2H3,(H,14,19)/t10-,11-/m0/s1. The van der Waals surface area contributed by atoms with Crippen LogP contribution < -0.4 is 5.32 Å². The lowest BCUT2D eigenvalue weighted by Gasteiger charge is -2.19. The summed E-state index contributed by atoms with van der Waals surface area (Å²) in [4.78, 5) is 14.1. The van der Waals surface area contributed by atoms with Gasteiger partial charge < -0.3 is 15.0 Å². The predicted octanol–water partition coefficient (Wildman–Crippen LogP) is -0.711. The Kier molecular flexibility index (Phi) is 5.42. The van der Waals surface area contributed by atoms with E-state index in [1.54, 1.807) is 11.0 Å². The molecule has 1 N–H and O–H groups in total. The Morgan fingerprint density at radius 1 is 1.50 bits per heavy atom. The predicted molar refractivity (Wildman–Crippen MR) is 71.9 cm³/mol. The van der Waals surface area contributed by atoms with Gasteiger partial charge >= 0.3 is 0 Å². The summed E-state index contributed by atoms with van der Waals surface area (Å²) in [5, 5.41) is 13.9. The minimum atomic E-state index is 0.0584. The fraction of sp³-hybridized carbons (Fsp3) is 0.833. The highest BCUT2D eigenvalue weighted by molar-refractivity contribution is 5.76. The number of aromatic nitrogens is 4. The van der Waals surface area contributed by atoms with E-state index in [9.17, 15) is 4.79 Å². The zero-order valence-electron chi connectivity index (χ0n) is 12.0. The maximum Gasteiger partial charge on any atom is 0.220 e. The summed E-state index contributed by atoms with van der Waals surface area (Å²) in [5.41, 5.74) is 0. The second-order valence-corrected chi connectivity index (χ2v) is 5.07. The zero-order chi connectivity index (χ0) is 14.4. The molecule has 20 heavy (non-hydrogen) atoms. The van der Waals surface area contributed by atoms with Crippen molar-refractivity contribution in [2.45, 2.75) is 38.5 Å². The van der Waals surface area contributed by atoms with Gasteiger partial charge in [-0.15, -0.1) is 5.10 Å². The number of likely N-dealkylation sites (N-methyl/N-ethyl adjacent to an activating group) is 1. The van der Waals surface area contributed by atoms with Gasteiger partial charge in [0.25, 0.3) is 0 Å². The van der Waals surface area contributed by atoms with E-state index in [0.29, 0.717) is 19.6 Å². The molecule has 1 aliphatic heterocycles. The van der Waals surface area contributed by atoms with Crippen molar-refractivity contribution in [3.63, 3.8) is 0 Å². The molecule has 0 aliphatic carbocycles. The molecular formula is C12H22N6O2. The molecule has 1 amide bonds. The molecule has 2 heterocycles. The zero-order valence-corrected chi connectivity index (χ0v) is 12.0. The molecule has 0 aromatic carbocycles. The topological polar surface area (TPSA) is 85.2 Å². The van der Waals surface area contributed by atoms with E-state index < -0.39 is 0 Å². The summed E-state index contributed by atoms with van der Waals surface area (Å²) in [6, 6.07) is 0.0838. The van der Waals surface area contributed by atoms with E-state index in [1.165, 1.54) is 0 Å². The minimum Gasteiger partial charge on any atom is -0.375 e. The van der Waals surface area contributed by atoms with Crippen LogP contribution in [0.2, 0.25) is 0 Å². The molecule has 2 atom stereocenters. The number of nitrogens with one attached hydrogen (secondary N) is 1. The lowest BCUT2D eigenvalue weighted by Crippen LogP contribution is -2.43. The highest BCUT2D eigenvalue weighted by atomic mass is 16.5. The van der Waals surface area contributed by atoms with Crippen molar-refractivity contribution in [1.82, 2.24) is 30.4 Å². The van der Waals surface area contributed by atoms with Gasteiger partial charge in [0, 0.05) is 32.7 Å². The molecule has 112 valence electrons. The van der Waals surface area contributed by atoms with Gasteiger partial charge in [-0.05, 0) is 30.8 Å². The first-order chi connectivity index (χ1) is 9.69. The van der Waals surface area contributed by atoms with Gasteiger partial charge in [-0.1, -0.05) is 0 Å². The Bertz CT molecular complexity index is 410. The Morgan fingerprint density at radius 2 is 2.35 bits per heavy atom. The van der Waals surface area contributed by atoms with E-state index in [1.807, 2.05) is 14.0 Å². The largest absolute Gasteiger partial charge is 0.375 e. The fourth-order valence-corrected chi connectivity index (χ4v) is 2.45. The Morgan fingerprint density at radius 3 is 3.05 bits per heavy atom. The van der Waals surface area contributed by atoms with E-state index in [-0.39, 0.29) is 18.1 Å². The van der Waals surface area contributed by atoms with Gasteiger partial charge in [0.1, 0.15) is 6.33 Å². The van der Waals surface area contributed by atoms with Crippen molar-refractivity contribution in [2.75, 3.05) is 26.7 Å². The van der Waals surface area contributed by atoms with Gasteiger partial charge in [-0.2, -0.15) is 0 Å². The van der Waals surface area contributed by atoms with Crippen LogP contribution in [0.25, 0.3) is 0 Å². The average molecular weight is 282 g/mol. The molecule has 8 nitrogen and oxygen atoms in total. The molecular weight excluding hydrogens is 260 g/mol. The summed E-state index contributed by atoms with van der Waals surface area (Å²) in [7, 11) is 2.04. The molecule has 0 radical (unpaired) electrons. The molecule has 1 saturated heterocycles. The summed E-state index contributed by atoms with van der Waals surface area (Å²) in [5.74, 6) is 0.0584. The van der Waals surface area contributed by atoms with E-state index in [2.05, 4.69) is 25.7 Å². The normalized spacial score (nSPS) is 23.1. The number of amides is 1. The van der Waals surface area contributed by atoms with E-state index >= 15 is 0 Å². The van der Waals surface area contributed by atoms with Crippen molar-refractivity contribution < 1.29 is 9.53 Å². The van der Waals surface area contributed by atoms with E-state index in [0.717, 1.165) is 19.5 Å². The third-order valence-corrected chi connectivity index (χ3v) is 3.36. The number of tetrazole rings is 1. The van der Waals surface area contributed by atoms with Gasteiger partial charge in [-0.3, -0.25) is 4.79 Å². The van der Waals surface area contributed by atoms with Crippen molar-refractivity contribution in [1.29, 1.82) is 0 Å². The van der Waals surface area contributed by atoms with Crippen LogP contribution in [0.15, 0.2) is 6.33 Å². The number of hydrogen-bond acceptors (Lipinski definition) is 6. The van der Waals surface area contributed by atoms with Gasteiger partial charge in [-0.25, -0.2) is 4.68 Å². The Balaban J connectivity index is 1.70. The average Bonchev–Trinajstić information content (AvgIpc) is 3.01. The molecule has 0 spiro atoms. The van der Waals surface area contributed by atoms with Crippen LogP contribution in [0.3, 0.4) is 0 Å². The number of aryl methyl sites for hydroxylation is 1. The van der Waals surface area contributed by atoms with Gasteiger partial charge in [0.15, 0.2) is 0 Å². The summed E-state index contributed by atoms with van der Waals surface area (Å²) >= 11 is 0. The Labute approximate surface area is 118 Å². The second kappa shape index (κ2) is 7.30.